The van der Waals surface area contributed by atoms with E-state index in [1.807, 2.05) is 56.0 Å². The van der Waals surface area contributed by atoms with Crippen LogP contribution in [0.1, 0.15) is 26.3 Å². The Balaban J connectivity index is 1.14. The molecule has 3 atom stereocenters. The Morgan fingerprint density at radius 1 is 0.933 bits per heavy atom. The Labute approximate surface area is 178 Å². The molecule has 2 heterocycles. The fourth-order valence-electron chi connectivity index (χ4n) is 4.62. The maximum absolute atomic E-state index is 12.3. The number of likely N-dealkylation sites (tertiary alicyclic amines) is 1. The van der Waals surface area contributed by atoms with E-state index in [9.17, 15) is 9.59 Å². The minimum Gasteiger partial charge on any atom is -0.445 e. The molecule has 30 heavy (non-hydrogen) atoms. The third-order valence-electron chi connectivity index (χ3n) is 6.33. The van der Waals surface area contributed by atoms with Crippen molar-refractivity contribution in [3.8, 4) is 0 Å². The first-order valence-electron chi connectivity index (χ1n) is 11.0. The lowest BCUT2D eigenvalue weighted by Crippen LogP contribution is -2.49. The molecule has 7 nitrogen and oxygen atoms in total. The van der Waals surface area contributed by atoms with Gasteiger partial charge in [-0.2, -0.15) is 0 Å². The zero-order chi connectivity index (χ0) is 21.3. The number of fused-ring (bicyclic) bond motifs is 1. The van der Waals surface area contributed by atoms with Gasteiger partial charge >= 0.3 is 12.2 Å². The van der Waals surface area contributed by atoms with Crippen molar-refractivity contribution in [2.45, 2.75) is 33.0 Å². The zero-order valence-corrected chi connectivity index (χ0v) is 18.3. The van der Waals surface area contributed by atoms with Gasteiger partial charge in [-0.15, -0.1) is 0 Å². The van der Waals surface area contributed by atoms with E-state index in [2.05, 4.69) is 4.90 Å². The molecular weight excluding hydrogens is 382 g/mol. The molecule has 1 aliphatic carbocycles. The van der Waals surface area contributed by atoms with Crippen LogP contribution in [0.25, 0.3) is 0 Å². The molecule has 2 aliphatic heterocycles. The number of ether oxygens (including phenoxy) is 2. The molecule has 164 valence electrons. The van der Waals surface area contributed by atoms with Crippen molar-refractivity contribution < 1.29 is 19.1 Å². The molecule has 1 unspecified atom stereocenters. The van der Waals surface area contributed by atoms with Gasteiger partial charge in [0.2, 0.25) is 0 Å². The number of carbonyl (C=O) groups excluding carboxylic acids is 2. The first kappa shape index (κ1) is 21.0. The van der Waals surface area contributed by atoms with Gasteiger partial charge in [-0.25, -0.2) is 9.59 Å². The smallest absolute Gasteiger partial charge is 0.410 e. The Kier molecular flexibility index (Phi) is 5.91. The second-order valence-electron chi connectivity index (χ2n) is 9.70. The highest BCUT2D eigenvalue weighted by Crippen LogP contribution is 2.52. The molecule has 0 spiro atoms. The average molecular weight is 416 g/mol. The lowest BCUT2D eigenvalue weighted by molar-refractivity contribution is 0.0259. The fourth-order valence-corrected chi connectivity index (χ4v) is 4.62. The first-order chi connectivity index (χ1) is 14.3. The molecule has 3 aliphatic rings. The standard InChI is InChI=1S/C23H33N3O4/c1-23(2,3)30-22(28)26-14-19-18(20(19)15-26)13-24-9-11-25(12-10-24)21(27)29-16-17-7-5-4-6-8-17/h4-8,18-20H,9-16H2,1-3H3/t18?,19-,20+. The molecule has 1 saturated carbocycles. The van der Waals surface area contributed by atoms with E-state index in [-0.39, 0.29) is 12.2 Å². The second kappa shape index (κ2) is 8.46. The number of hydrogen-bond donors (Lipinski definition) is 0. The number of amides is 2. The van der Waals surface area contributed by atoms with Crippen LogP contribution in [-0.4, -0.2) is 78.3 Å². The number of benzene rings is 1. The van der Waals surface area contributed by atoms with E-state index >= 15 is 0 Å². The number of hydrogen-bond acceptors (Lipinski definition) is 5. The van der Waals surface area contributed by atoms with Crippen LogP contribution in [0.3, 0.4) is 0 Å². The van der Waals surface area contributed by atoms with Gasteiger partial charge < -0.3 is 19.3 Å². The summed E-state index contributed by atoms with van der Waals surface area (Å²) < 4.78 is 10.9. The maximum Gasteiger partial charge on any atom is 0.410 e. The van der Waals surface area contributed by atoms with E-state index in [1.54, 1.807) is 4.90 Å². The quantitative estimate of drug-likeness (QED) is 0.756. The summed E-state index contributed by atoms with van der Waals surface area (Å²) >= 11 is 0. The van der Waals surface area contributed by atoms with Crippen LogP contribution in [0.5, 0.6) is 0 Å². The predicted molar refractivity (Wildman–Crippen MR) is 113 cm³/mol. The second-order valence-corrected chi connectivity index (χ2v) is 9.70. The van der Waals surface area contributed by atoms with Crippen molar-refractivity contribution in [3.05, 3.63) is 35.9 Å². The van der Waals surface area contributed by atoms with Crippen molar-refractivity contribution >= 4 is 12.2 Å². The molecule has 4 rings (SSSR count). The number of rotatable bonds is 4. The lowest BCUT2D eigenvalue weighted by Gasteiger charge is -2.34. The highest BCUT2D eigenvalue weighted by molar-refractivity contribution is 5.69. The number of nitrogens with zero attached hydrogens (tertiary/aromatic N) is 3. The summed E-state index contributed by atoms with van der Waals surface area (Å²) in [4.78, 5) is 30.6. The summed E-state index contributed by atoms with van der Waals surface area (Å²) in [6.07, 6.45) is -0.411. The third-order valence-corrected chi connectivity index (χ3v) is 6.33. The van der Waals surface area contributed by atoms with Crippen LogP contribution in [0.15, 0.2) is 30.3 Å². The van der Waals surface area contributed by atoms with Crippen LogP contribution < -0.4 is 0 Å². The topological polar surface area (TPSA) is 62.3 Å². The van der Waals surface area contributed by atoms with Gasteiger partial charge in [0.25, 0.3) is 0 Å². The van der Waals surface area contributed by atoms with E-state index in [0.717, 1.165) is 38.3 Å². The minimum atomic E-state index is -0.439. The van der Waals surface area contributed by atoms with Gasteiger partial charge in [0, 0.05) is 45.8 Å². The van der Waals surface area contributed by atoms with E-state index in [0.29, 0.717) is 37.5 Å². The monoisotopic (exact) mass is 415 g/mol. The van der Waals surface area contributed by atoms with Crippen LogP contribution in [0.4, 0.5) is 9.59 Å². The predicted octanol–water partition coefficient (Wildman–Crippen LogP) is 3.05. The van der Waals surface area contributed by atoms with Crippen molar-refractivity contribution in [2.75, 3.05) is 45.8 Å². The molecule has 0 N–H and O–H groups in total. The Hall–Kier alpha value is -2.28. The summed E-state index contributed by atoms with van der Waals surface area (Å²) in [5, 5.41) is 0. The minimum absolute atomic E-state index is 0.184. The first-order valence-corrected chi connectivity index (χ1v) is 11.0. The van der Waals surface area contributed by atoms with Crippen molar-refractivity contribution in [2.24, 2.45) is 17.8 Å². The summed E-state index contributed by atoms with van der Waals surface area (Å²) in [7, 11) is 0. The molecule has 0 bridgehead atoms. The SMILES string of the molecule is CC(C)(C)OC(=O)N1C[C@@H]2C(CN3CCN(C(=O)OCc4ccccc4)CC3)[C@@H]2C1. The molecule has 1 aromatic rings. The number of piperazine rings is 1. The number of piperidine rings is 1. The van der Waals surface area contributed by atoms with Crippen LogP contribution in [-0.2, 0) is 16.1 Å². The fraction of sp³-hybridized carbons (Fsp3) is 0.652. The van der Waals surface area contributed by atoms with Gasteiger partial charge in [0.05, 0.1) is 0 Å². The maximum atomic E-state index is 12.3. The largest absolute Gasteiger partial charge is 0.445 e. The van der Waals surface area contributed by atoms with Gasteiger partial charge in [-0.1, -0.05) is 30.3 Å². The third kappa shape index (κ3) is 5.06. The Bertz CT molecular complexity index is 743. The van der Waals surface area contributed by atoms with Crippen LogP contribution in [0, 0.1) is 17.8 Å². The Morgan fingerprint density at radius 2 is 1.57 bits per heavy atom. The van der Waals surface area contributed by atoms with Gasteiger partial charge in [0.15, 0.2) is 0 Å². The lowest BCUT2D eigenvalue weighted by atomic mass is 10.2. The summed E-state index contributed by atoms with van der Waals surface area (Å²) in [6, 6.07) is 9.76. The highest BCUT2D eigenvalue weighted by atomic mass is 16.6. The van der Waals surface area contributed by atoms with E-state index in [4.69, 9.17) is 9.47 Å². The molecule has 2 saturated heterocycles. The molecule has 2 amide bonds. The molecule has 7 heteroatoms. The molecule has 0 aromatic heterocycles. The summed E-state index contributed by atoms with van der Waals surface area (Å²) in [5.74, 6) is 1.87. The summed E-state index contributed by atoms with van der Waals surface area (Å²) in [6.45, 7) is 11.9. The van der Waals surface area contributed by atoms with Crippen molar-refractivity contribution in [3.63, 3.8) is 0 Å². The molecular formula is C23H33N3O4. The molecule has 3 fully saturated rings. The van der Waals surface area contributed by atoms with Gasteiger partial charge in [-0.3, -0.25) is 4.90 Å². The average Bonchev–Trinajstić information content (AvgIpc) is 3.14. The zero-order valence-electron chi connectivity index (χ0n) is 18.3. The van der Waals surface area contributed by atoms with Crippen molar-refractivity contribution in [1.29, 1.82) is 0 Å². The van der Waals surface area contributed by atoms with E-state index in [1.165, 1.54) is 0 Å². The summed E-state index contributed by atoms with van der Waals surface area (Å²) in [5.41, 5.74) is 0.566. The van der Waals surface area contributed by atoms with E-state index < -0.39 is 5.60 Å². The number of carbonyl (C=O) groups is 2. The van der Waals surface area contributed by atoms with Gasteiger partial charge in [-0.05, 0) is 44.1 Å². The van der Waals surface area contributed by atoms with Crippen molar-refractivity contribution in [1.82, 2.24) is 14.7 Å². The van der Waals surface area contributed by atoms with Crippen LogP contribution in [0.2, 0.25) is 0 Å². The van der Waals surface area contributed by atoms with Gasteiger partial charge in [0.1, 0.15) is 12.2 Å². The highest BCUT2D eigenvalue weighted by Gasteiger charge is 2.57. The Morgan fingerprint density at radius 3 is 2.17 bits per heavy atom. The van der Waals surface area contributed by atoms with Crippen LogP contribution >= 0.6 is 0 Å². The molecule has 0 radical (unpaired) electrons. The normalized spacial score (nSPS) is 26.3. The molecule has 1 aromatic carbocycles.